The molecule has 26 heavy (non-hydrogen) atoms. The number of carbonyl (C=O) groups excluding carboxylic acids is 1. The molecule has 3 N–H and O–H groups in total. The Morgan fingerprint density at radius 3 is 1.96 bits per heavy atom. The fourth-order valence-corrected chi connectivity index (χ4v) is 2.17. The standard InChI is InChI=1S/C16H11F6NO3/c17-15(18,19)10-6-11(8-12(24)7-10)23-13(25)14(26,16(20,21)22)9-4-2-1-3-5-9/h1-8,24,26H,(H,23,25). The lowest BCUT2D eigenvalue weighted by Gasteiger charge is -2.29. The Kier molecular flexibility index (Phi) is 4.91. The molecule has 0 saturated carbocycles. The van der Waals surface area contributed by atoms with E-state index >= 15 is 0 Å². The van der Waals surface area contributed by atoms with Crippen molar-refractivity contribution in [2.45, 2.75) is 18.0 Å². The summed E-state index contributed by atoms with van der Waals surface area (Å²) >= 11 is 0. The van der Waals surface area contributed by atoms with Crippen molar-refractivity contribution in [2.24, 2.45) is 0 Å². The molecular formula is C16H11F6NO3. The Hall–Kier alpha value is -2.75. The average Bonchev–Trinajstić information content (AvgIpc) is 2.52. The molecule has 2 rings (SSSR count). The monoisotopic (exact) mass is 379 g/mol. The van der Waals surface area contributed by atoms with E-state index in [2.05, 4.69) is 0 Å². The fourth-order valence-electron chi connectivity index (χ4n) is 2.17. The zero-order valence-electron chi connectivity index (χ0n) is 12.7. The van der Waals surface area contributed by atoms with Gasteiger partial charge in [0.15, 0.2) is 0 Å². The average molecular weight is 379 g/mol. The molecule has 0 bridgehead atoms. The van der Waals surface area contributed by atoms with Crippen LogP contribution in [0, 0.1) is 0 Å². The van der Waals surface area contributed by atoms with Gasteiger partial charge in [-0.05, 0) is 12.1 Å². The quantitative estimate of drug-likeness (QED) is 0.711. The maximum Gasteiger partial charge on any atom is 0.430 e. The van der Waals surface area contributed by atoms with E-state index in [0.29, 0.717) is 18.2 Å². The van der Waals surface area contributed by atoms with E-state index in [-0.39, 0.29) is 0 Å². The van der Waals surface area contributed by atoms with Crippen LogP contribution in [0.4, 0.5) is 32.0 Å². The highest BCUT2D eigenvalue weighted by Gasteiger charge is 2.60. The Labute approximate surface area is 142 Å². The highest BCUT2D eigenvalue weighted by molar-refractivity contribution is 5.98. The summed E-state index contributed by atoms with van der Waals surface area (Å²) in [5, 5.41) is 20.9. The van der Waals surface area contributed by atoms with Crippen LogP contribution >= 0.6 is 0 Å². The van der Waals surface area contributed by atoms with Crippen molar-refractivity contribution in [3.63, 3.8) is 0 Å². The number of phenols is 1. The maximum atomic E-state index is 13.4. The normalized spacial score (nSPS) is 14.6. The van der Waals surface area contributed by atoms with Gasteiger partial charge < -0.3 is 15.5 Å². The second-order valence-electron chi connectivity index (χ2n) is 5.29. The van der Waals surface area contributed by atoms with E-state index in [0.717, 1.165) is 24.3 Å². The van der Waals surface area contributed by atoms with Crippen LogP contribution in [0.3, 0.4) is 0 Å². The maximum absolute atomic E-state index is 13.4. The van der Waals surface area contributed by atoms with Crippen molar-refractivity contribution in [1.82, 2.24) is 0 Å². The lowest BCUT2D eigenvalue weighted by molar-refractivity contribution is -0.254. The van der Waals surface area contributed by atoms with Crippen LogP contribution in [-0.4, -0.2) is 22.3 Å². The summed E-state index contributed by atoms with van der Waals surface area (Å²) in [7, 11) is 0. The Morgan fingerprint density at radius 1 is 0.885 bits per heavy atom. The third-order valence-corrected chi connectivity index (χ3v) is 3.43. The van der Waals surface area contributed by atoms with E-state index in [1.807, 2.05) is 0 Å². The van der Waals surface area contributed by atoms with Gasteiger partial charge in [0.05, 0.1) is 5.56 Å². The zero-order chi connectivity index (χ0) is 19.8. The predicted molar refractivity (Wildman–Crippen MR) is 78.1 cm³/mol. The summed E-state index contributed by atoms with van der Waals surface area (Å²) < 4.78 is 78.2. The molecule has 0 heterocycles. The number of alkyl halides is 6. The Balaban J connectivity index is 2.45. The highest BCUT2D eigenvalue weighted by atomic mass is 19.4. The van der Waals surface area contributed by atoms with Crippen LogP contribution in [0.1, 0.15) is 11.1 Å². The summed E-state index contributed by atoms with van der Waals surface area (Å²) in [6.07, 6.45) is -10.4. The topological polar surface area (TPSA) is 69.6 Å². The summed E-state index contributed by atoms with van der Waals surface area (Å²) in [5.41, 5.74) is -6.97. The molecular weight excluding hydrogens is 368 g/mol. The first-order valence-corrected chi connectivity index (χ1v) is 6.93. The van der Waals surface area contributed by atoms with E-state index in [9.17, 15) is 41.4 Å². The molecule has 0 saturated heterocycles. The Morgan fingerprint density at radius 2 is 1.46 bits per heavy atom. The molecule has 2 aromatic carbocycles. The molecule has 0 aliphatic heterocycles. The van der Waals surface area contributed by atoms with Crippen molar-refractivity contribution >= 4 is 11.6 Å². The number of amides is 1. The molecule has 4 nitrogen and oxygen atoms in total. The number of aromatic hydroxyl groups is 1. The molecule has 1 unspecified atom stereocenters. The number of anilines is 1. The molecule has 0 radical (unpaired) electrons. The highest BCUT2D eigenvalue weighted by Crippen LogP contribution is 2.40. The largest absolute Gasteiger partial charge is 0.508 e. The van der Waals surface area contributed by atoms with Crippen molar-refractivity contribution in [3.8, 4) is 5.75 Å². The van der Waals surface area contributed by atoms with Crippen LogP contribution in [0.15, 0.2) is 48.5 Å². The van der Waals surface area contributed by atoms with Gasteiger partial charge in [0.25, 0.3) is 11.5 Å². The minimum Gasteiger partial charge on any atom is -0.508 e. The van der Waals surface area contributed by atoms with Crippen molar-refractivity contribution in [2.75, 3.05) is 5.32 Å². The number of benzene rings is 2. The minimum absolute atomic E-state index is 0.333. The van der Waals surface area contributed by atoms with Crippen LogP contribution in [0.5, 0.6) is 5.75 Å². The molecule has 0 aromatic heterocycles. The molecule has 10 heteroatoms. The SMILES string of the molecule is O=C(Nc1cc(O)cc(C(F)(F)F)c1)C(O)(c1ccccc1)C(F)(F)F. The number of halogens is 6. The van der Waals surface area contributed by atoms with E-state index in [4.69, 9.17) is 0 Å². The first-order valence-electron chi connectivity index (χ1n) is 6.93. The number of rotatable bonds is 3. The lowest BCUT2D eigenvalue weighted by atomic mass is 9.92. The number of nitrogens with one attached hydrogen (secondary N) is 1. The second kappa shape index (κ2) is 6.52. The summed E-state index contributed by atoms with van der Waals surface area (Å²) in [5.74, 6) is -2.94. The smallest absolute Gasteiger partial charge is 0.430 e. The lowest BCUT2D eigenvalue weighted by Crippen LogP contribution is -2.52. The molecule has 0 aliphatic carbocycles. The van der Waals surface area contributed by atoms with Crippen molar-refractivity contribution in [3.05, 3.63) is 59.7 Å². The van der Waals surface area contributed by atoms with Crippen molar-refractivity contribution < 1.29 is 41.4 Å². The minimum atomic E-state index is -5.46. The first kappa shape index (κ1) is 19.6. The van der Waals surface area contributed by atoms with E-state index in [1.165, 1.54) is 6.07 Å². The summed E-state index contributed by atoms with van der Waals surface area (Å²) in [4.78, 5) is 12.1. The number of phenolic OH excluding ortho intramolecular Hbond substituents is 1. The van der Waals surface area contributed by atoms with Crippen LogP contribution in [-0.2, 0) is 16.6 Å². The van der Waals surface area contributed by atoms with Crippen LogP contribution in [0.25, 0.3) is 0 Å². The molecule has 1 atom stereocenters. The van der Waals surface area contributed by atoms with Crippen molar-refractivity contribution in [1.29, 1.82) is 0 Å². The number of carbonyl (C=O) groups is 1. The zero-order valence-corrected chi connectivity index (χ0v) is 12.7. The van der Waals surface area contributed by atoms with Gasteiger partial charge in [0.1, 0.15) is 5.75 Å². The number of aliphatic hydroxyl groups is 1. The van der Waals surface area contributed by atoms with Gasteiger partial charge in [-0.2, -0.15) is 26.3 Å². The van der Waals surface area contributed by atoms with E-state index < -0.39 is 46.4 Å². The van der Waals surface area contributed by atoms with Gasteiger partial charge in [0.2, 0.25) is 0 Å². The van der Waals surface area contributed by atoms with Gasteiger partial charge in [-0.25, -0.2) is 0 Å². The van der Waals surface area contributed by atoms with Gasteiger partial charge >= 0.3 is 12.4 Å². The van der Waals surface area contributed by atoms with Crippen LogP contribution < -0.4 is 5.32 Å². The van der Waals surface area contributed by atoms with E-state index in [1.54, 1.807) is 5.32 Å². The number of hydrogen-bond acceptors (Lipinski definition) is 3. The number of hydrogen-bond donors (Lipinski definition) is 3. The molecule has 0 spiro atoms. The fraction of sp³-hybridized carbons (Fsp3) is 0.188. The van der Waals surface area contributed by atoms with Gasteiger partial charge in [-0.3, -0.25) is 4.79 Å². The molecule has 2 aromatic rings. The molecule has 0 aliphatic rings. The second-order valence-corrected chi connectivity index (χ2v) is 5.29. The molecule has 1 amide bonds. The van der Waals surface area contributed by atoms with Gasteiger partial charge in [-0.15, -0.1) is 0 Å². The molecule has 140 valence electrons. The summed E-state index contributed by atoms with van der Waals surface area (Å²) in [6, 6.07) is 6.62. The third-order valence-electron chi connectivity index (χ3n) is 3.43. The first-order chi connectivity index (χ1) is 11.9. The predicted octanol–water partition coefficient (Wildman–Crippen LogP) is 3.80. The Bertz CT molecular complexity index is 804. The van der Waals surface area contributed by atoms with Gasteiger partial charge in [0, 0.05) is 17.3 Å². The summed E-state index contributed by atoms with van der Waals surface area (Å²) in [6.45, 7) is 0. The van der Waals surface area contributed by atoms with Gasteiger partial charge in [-0.1, -0.05) is 30.3 Å². The third kappa shape index (κ3) is 3.74. The van der Waals surface area contributed by atoms with Crippen LogP contribution in [0.2, 0.25) is 0 Å². The molecule has 0 fully saturated rings.